The molecule has 5 heteroatoms. The number of carbonyl (C=O) groups is 1. The lowest BCUT2D eigenvalue weighted by molar-refractivity contribution is 0.0788. The van der Waals surface area contributed by atoms with Gasteiger partial charge >= 0.3 is 0 Å². The molecule has 0 radical (unpaired) electrons. The highest BCUT2D eigenvalue weighted by atomic mass is 32.1. The van der Waals surface area contributed by atoms with E-state index in [0.717, 1.165) is 29.2 Å². The number of amides is 1. The van der Waals surface area contributed by atoms with E-state index in [1.165, 1.54) is 16.9 Å². The average Bonchev–Trinajstić information content (AvgIpc) is 3.18. The SMILES string of the molecule is COc1ccc(-c2nc(C(=O)N(C)CCCc3ccccc3)cs2)cc1. The summed E-state index contributed by atoms with van der Waals surface area (Å²) in [4.78, 5) is 18.8. The summed E-state index contributed by atoms with van der Waals surface area (Å²) < 4.78 is 5.17. The highest BCUT2D eigenvalue weighted by Gasteiger charge is 2.16. The van der Waals surface area contributed by atoms with Gasteiger partial charge in [0.05, 0.1) is 7.11 Å². The van der Waals surface area contributed by atoms with Gasteiger partial charge in [0.15, 0.2) is 0 Å². The molecular formula is C21H22N2O2S. The van der Waals surface area contributed by atoms with Gasteiger partial charge in [0, 0.05) is 24.5 Å². The van der Waals surface area contributed by atoms with Gasteiger partial charge in [-0.15, -0.1) is 11.3 Å². The van der Waals surface area contributed by atoms with Crippen LogP contribution in [0.25, 0.3) is 10.6 Å². The largest absolute Gasteiger partial charge is 0.497 e. The molecule has 0 unspecified atom stereocenters. The molecular weight excluding hydrogens is 344 g/mol. The monoisotopic (exact) mass is 366 g/mol. The molecule has 0 spiro atoms. The lowest BCUT2D eigenvalue weighted by atomic mass is 10.1. The lowest BCUT2D eigenvalue weighted by Crippen LogP contribution is -2.28. The first kappa shape index (κ1) is 18.1. The standard InChI is InChI=1S/C21H22N2O2S/c1-23(14-6-9-16-7-4-3-5-8-16)21(24)19-15-26-20(22-19)17-10-12-18(25-2)13-11-17/h3-5,7-8,10-13,15H,6,9,14H2,1-2H3. The zero-order valence-corrected chi connectivity index (χ0v) is 15.8. The second-order valence-corrected chi connectivity index (χ2v) is 6.94. The highest BCUT2D eigenvalue weighted by molar-refractivity contribution is 7.13. The molecule has 0 saturated carbocycles. The maximum atomic E-state index is 12.6. The fourth-order valence-electron chi connectivity index (χ4n) is 2.70. The number of rotatable bonds is 7. The van der Waals surface area contributed by atoms with E-state index in [4.69, 9.17) is 4.74 Å². The normalized spacial score (nSPS) is 10.5. The summed E-state index contributed by atoms with van der Waals surface area (Å²) in [6.45, 7) is 0.711. The molecule has 0 aliphatic rings. The van der Waals surface area contributed by atoms with Crippen molar-refractivity contribution in [3.8, 4) is 16.3 Å². The number of nitrogens with zero attached hydrogens (tertiary/aromatic N) is 2. The number of aromatic nitrogens is 1. The van der Waals surface area contributed by atoms with E-state index in [1.54, 1.807) is 12.0 Å². The van der Waals surface area contributed by atoms with Crippen LogP contribution in [-0.4, -0.2) is 36.5 Å². The average molecular weight is 366 g/mol. The Bertz CT molecular complexity index is 844. The van der Waals surface area contributed by atoms with Crippen LogP contribution in [0.1, 0.15) is 22.5 Å². The molecule has 0 fully saturated rings. The third-order valence-corrected chi connectivity index (χ3v) is 5.10. The summed E-state index contributed by atoms with van der Waals surface area (Å²) in [5.41, 5.74) is 2.79. The second kappa shape index (κ2) is 8.63. The zero-order valence-electron chi connectivity index (χ0n) is 15.0. The van der Waals surface area contributed by atoms with Crippen LogP contribution in [0.5, 0.6) is 5.75 Å². The van der Waals surface area contributed by atoms with Gasteiger partial charge in [-0.1, -0.05) is 30.3 Å². The van der Waals surface area contributed by atoms with E-state index in [9.17, 15) is 4.79 Å². The van der Waals surface area contributed by atoms with Crippen LogP contribution in [0.4, 0.5) is 0 Å². The Morgan fingerprint density at radius 2 is 1.85 bits per heavy atom. The quantitative estimate of drug-likeness (QED) is 0.617. The minimum Gasteiger partial charge on any atom is -0.497 e. The molecule has 26 heavy (non-hydrogen) atoms. The number of aryl methyl sites for hydroxylation is 1. The van der Waals surface area contributed by atoms with Gasteiger partial charge in [-0.05, 0) is 42.7 Å². The fourth-order valence-corrected chi connectivity index (χ4v) is 3.50. The number of carbonyl (C=O) groups excluding carboxylic acids is 1. The Morgan fingerprint density at radius 1 is 1.12 bits per heavy atom. The number of hydrogen-bond acceptors (Lipinski definition) is 4. The molecule has 1 aromatic heterocycles. The summed E-state index contributed by atoms with van der Waals surface area (Å²) in [5, 5.41) is 2.67. The van der Waals surface area contributed by atoms with Crippen LogP contribution >= 0.6 is 11.3 Å². The summed E-state index contributed by atoms with van der Waals surface area (Å²) in [5.74, 6) is 0.772. The van der Waals surface area contributed by atoms with Crippen molar-refractivity contribution >= 4 is 17.2 Å². The molecule has 0 saturated heterocycles. The second-order valence-electron chi connectivity index (χ2n) is 6.08. The molecule has 0 aliphatic carbocycles. The molecule has 4 nitrogen and oxygen atoms in total. The Kier molecular flexibility index (Phi) is 6.02. The van der Waals surface area contributed by atoms with Crippen molar-refractivity contribution in [3.63, 3.8) is 0 Å². The van der Waals surface area contributed by atoms with Crippen molar-refractivity contribution in [2.24, 2.45) is 0 Å². The van der Waals surface area contributed by atoms with E-state index >= 15 is 0 Å². The Balaban J connectivity index is 1.58. The maximum Gasteiger partial charge on any atom is 0.273 e. The minimum atomic E-state index is -0.0333. The van der Waals surface area contributed by atoms with Crippen molar-refractivity contribution in [2.75, 3.05) is 20.7 Å². The Hall–Kier alpha value is -2.66. The van der Waals surface area contributed by atoms with Crippen LogP contribution in [0, 0.1) is 0 Å². The van der Waals surface area contributed by atoms with E-state index in [1.807, 2.05) is 54.9 Å². The van der Waals surface area contributed by atoms with E-state index < -0.39 is 0 Å². The van der Waals surface area contributed by atoms with Gasteiger partial charge in [-0.3, -0.25) is 4.79 Å². The summed E-state index contributed by atoms with van der Waals surface area (Å²) >= 11 is 1.48. The van der Waals surface area contributed by atoms with E-state index in [-0.39, 0.29) is 5.91 Å². The number of hydrogen-bond donors (Lipinski definition) is 0. The van der Waals surface area contributed by atoms with Crippen molar-refractivity contribution in [1.82, 2.24) is 9.88 Å². The van der Waals surface area contributed by atoms with E-state index in [0.29, 0.717) is 12.2 Å². The summed E-state index contributed by atoms with van der Waals surface area (Å²) in [7, 11) is 3.47. The van der Waals surface area contributed by atoms with Crippen molar-refractivity contribution in [3.05, 3.63) is 71.2 Å². The van der Waals surface area contributed by atoms with Crippen LogP contribution in [-0.2, 0) is 6.42 Å². The van der Waals surface area contributed by atoms with Gasteiger partial charge in [-0.25, -0.2) is 4.98 Å². The molecule has 1 amide bonds. The summed E-state index contributed by atoms with van der Waals surface area (Å²) in [6, 6.07) is 18.0. The molecule has 3 aromatic rings. The molecule has 0 N–H and O–H groups in total. The van der Waals surface area contributed by atoms with Gasteiger partial charge in [0.1, 0.15) is 16.5 Å². The molecule has 1 heterocycles. The number of methoxy groups -OCH3 is 1. The van der Waals surface area contributed by atoms with Crippen LogP contribution < -0.4 is 4.74 Å². The molecule has 3 rings (SSSR count). The molecule has 134 valence electrons. The molecule has 2 aromatic carbocycles. The van der Waals surface area contributed by atoms with Crippen LogP contribution in [0.3, 0.4) is 0 Å². The topological polar surface area (TPSA) is 42.4 Å². The number of ether oxygens (including phenoxy) is 1. The van der Waals surface area contributed by atoms with Crippen molar-refractivity contribution in [2.45, 2.75) is 12.8 Å². The number of benzene rings is 2. The van der Waals surface area contributed by atoms with E-state index in [2.05, 4.69) is 17.1 Å². The number of thiazole rings is 1. The predicted octanol–water partition coefficient (Wildman–Crippen LogP) is 4.52. The van der Waals surface area contributed by atoms with Gasteiger partial charge in [0.25, 0.3) is 5.91 Å². The highest BCUT2D eigenvalue weighted by Crippen LogP contribution is 2.26. The predicted molar refractivity (Wildman–Crippen MR) is 106 cm³/mol. The third kappa shape index (κ3) is 4.49. The summed E-state index contributed by atoms with van der Waals surface area (Å²) in [6.07, 6.45) is 1.90. The first-order valence-corrected chi connectivity index (χ1v) is 9.44. The Morgan fingerprint density at radius 3 is 2.54 bits per heavy atom. The van der Waals surface area contributed by atoms with Gasteiger partial charge in [-0.2, -0.15) is 0 Å². The molecule has 0 bridgehead atoms. The first-order chi connectivity index (χ1) is 12.7. The maximum absolute atomic E-state index is 12.6. The van der Waals surface area contributed by atoms with Crippen LogP contribution in [0.15, 0.2) is 60.0 Å². The smallest absolute Gasteiger partial charge is 0.273 e. The molecule has 0 aliphatic heterocycles. The van der Waals surface area contributed by atoms with Crippen LogP contribution in [0.2, 0.25) is 0 Å². The van der Waals surface area contributed by atoms with Crippen molar-refractivity contribution in [1.29, 1.82) is 0 Å². The zero-order chi connectivity index (χ0) is 18.4. The molecule has 0 atom stereocenters. The minimum absolute atomic E-state index is 0.0333. The lowest BCUT2D eigenvalue weighted by Gasteiger charge is -2.15. The first-order valence-electron chi connectivity index (χ1n) is 8.56. The van der Waals surface area contributed by atoms with Gasteiger partial charge in [0.2, 0.25) is 0 Å². The van der Waals surface area contributed by atoms with Gasteiger partial charge < -0.3 is 9.64 Å². The fraction of sp³-hybridized carbons (Fsp3) is 0.238. The Labute approximate surface area is 158 Å². The van der Waals surface area contributed by atoms with Crippen molar-refractivity contribution < 1.29 is 9.53 Å². The third-order valence-electron chi connectivity index (χ3n) is 4.21.